The number of hydrogen-bond donors (Lipinski definition) is 0. The van der Waals surface area contributed by atoms with Gasteiger partial charge in [0.1, 0.15) is 11.4 Å². The standard InChI is InChI=1S/C15H17F2N3O2S/c1-11-14-5-3-2-4-12(14)6-7-20(11)23(21,22)13-8-18-19(9-13)10-15(16)17/h2-5,8-9,11,15H,6-7,10H2,1H3. The third-order valence-electron chi connectivity index (χ3n) is 4.08. The highest BCUT2D eigenvalue weighted by Crippen LogP contribution is 2.33. The van der Waals surface area contributed by atoms with Crippen LogP contribution >= 0.6 is 0 Å². The van der Waals surface area contributed by atoms with Crippen LogP contribution in [0.5, 0.6) is 0 Å². The minimum absolute atomic E-state index is 0.0515. The first-order valence-electron chi connectivity index (χ1n) is 7.30. The molecule has 0 saturated carbocycles. The van der Waals surface area contributed by atoms with Crippen molar-refractivity contribution in [3.63, 3.8) is 0 Å². The fourth-order valence-corrected chi connectivity index (χ4v) is 4.50. The molecule has 0 amide bonds. The average Bonchev–Trinajstić information content (AvgIpc) is 2.96. The molecule has 0 saturated heterocycles. The topological polar surface area (TPSA) is 55.2 Å². The third kappa shape index (κ3) is 3.00. The van der Waals surface area contributed by atoms with Crippen LogP contribution < -0.4 is 0 Å². The highest BCUT2D eigenvalue weighted by Gasteiger charge is 2.34. The largest absolute Gasteiger partial charge is 0.266 e. The van der Waals surface area contributed by atoms with Crippen LogP contribution in [0.3, 0.4) is 0 Å². The normalized spacial score (nSPS) is 19.0. The van der Waals surface area contributed by atoms with Crippen molar-refractivity contribution in [2.75, 3.05) is 6.54 Å². The van der Waals surface area contributed by atoms with Crippen molar-refractivity contribution in [3.05, 3.63) is 47.8 Å². The second kappa shape index (κ2) is 6.01. The number of nitrogens with zero attached hydrogens (tertiary/aromatic N) is 3. The highest BCUT2D eigenvalue weighted by molar-refractivity contribution is 7.89. The first-order valence-corrected chi connectivity index (χ1v) is 8.74. The van der Waals surface area contributed by atoms with E-state index in [1.165, 1.54) is 4.31 Å². The second-order valence-electron chi connectivity index (χ2n) is 5.53. The molecule has 1 aliphatic heterocycles. The van der Waals surface area contributed by atoms with Gasteiger partial charge >= 0.3 is 0 Å². The summed E-state index contributed by atoms with van der Waals surface area (Å²) in [6.07, 6.45) is 0.344. The number of sulfonamides is 1. The quantitative estimate of drug-likeness (QED) is 0.858. The van der Waals surface area contributed by atoms with Crippen LogP contribution in [-0.2, 0) is 23.0 Å². The lowest BCUT2D eigenvalue weighted by Crippen LogP contribution is -2.38. The highest BCUT2D eigenvalue weighted by atomic mass is 32.2. The summed E-state index contributed by atoms with van der Waals surface area (Å²) in [5.41, 5.74) is 2.11. The van der Waals surface area contributed by atoms with Gasteiger partial charge in [-0.05, 0) is 24.5 Å². The number of rotatable bonds is 4. The Bertz CT molecular complexity index is 805. The number of alkyl halides is 2. The molecule has 0 bridgehead atoms. The molecule has 2 heterocycles. The number of aromatic nitrogens is 2. The van der Waals surface area contributed by atoms with Crippen molar-refractivity contribution in [1.82, 2.24) is 14.1 Å². The molecule has 1 aromatic heterocycles. The van der Waals surface area contributed by atoms with Gasteiger partial charge in [-0.3, -0.25) is 4.68 Å². The van der Waals surface area contributed by atoms with Gasteiger partial charge in [0.25, 0.3) is 6.43 Å². The van der Waals surface area contributed by atoms with E-state index in [0.29, 0.717) is 13.0 Å². The molecule has 23 heavy (non-hydrogen) atoms. The van der Waals surface area contributed by atoms with E-state index in [1.807, 2.05) is 31.2 Å². The fraction of sp³-hybridized carbons (Fsp3) is 0.400. The van der Waals surface area contributed by atoms with Crippen LogP contribution in [0, 0.1) is 0 Å². The van der Waals surface area contributed by atoms with Gasteiger partial charge in [-0.1, -0.05) is 24.3 Å². The molecule has 124 valence electrons. The molecule has 1 aliphatic rings. The Hall–Kier alpha value is -1.80. The monoisotopic (exact) mass is 341 g/mol. The van der Waals surface area contributed by atoms with Crippen LogP contribution in [0.2, 0.25) is 0 Å². The number of hydrogen-bond acceptors (Lipinski definition) is 3. The molecule has 1 aromatic carbocycles. The van der Waals surface area contributed by atoms with Crippen LogP contribution in [0.1, 0.15) is 24.1 Å². The predicted molar refractivity (Wildman–Crippen MR) is 80.7 cm³/mol. The summed E-state index contributed by atoms with van der Waals surface area (Å²) in [7, 11) is -3.76. The minimum atomic E-state index is -3.76. The molecule has 1 unspecified atom stereocenters. The molecule has 3 rings (SSSR count). The lowest BCUT2D eigenvalue weighted by molar-refractivity contribution is 0.121. The van der Waals surface area contributed by atoms with E-state index < -0.39 is 23.0 Å². The van der Waals surface area contributed by atoms with Crippen LogP contribution in [0.15, 0.2) is 41.6 Å². The van der Waals surface area contributed by atoms with Gasteiger partial charge in [0.15, 0.2) is 0 Å². The van der Waals surface area contributed by atoms with Crippen molar-refractivity contribution in [1.29, 1.82) is 0 Å². The summed E-state index contributed by atoms with van der Waals surface area (Å²) in [5, 5.41) is 3.72. The Balaban J connectivity index is 1.90. The molecule has 0 N–H and O–H groups in total. The Labute approximate surface area is 133 Å². The maximum Gasteiger partial charge on any atom is 0.257 e. The number of halogens is 2. The molecule has 0 radical (unpaired) electrons. The summed E-state index contributed by atoms with van der Waals surface area (Å²) < 4.78 is 52.7. The molecule has 0 aliphatic carbocycles. The average molecular weight is 341 g/mol. The zero-order valence-electron chi connectivity index (χ0n) is 12.6. The van der Waals surface area contributed by atoms with Gasteiger partial charge in [0.05, 0.1) is 6.20 Å². The van der Waals surface area contributed by atoms with Gasteiger partial charge in [-0.2, -0.15) is 9.40 Å². The van der Waals surface area contributed by atoms with Crippen LogP contribution in [0.25, 0.3) is 0 Å². The molecule has 0 fully saturated rings. The van der Waals surface area contributed by atoms with Gasteiger partial charge in [0, 0.05) is 18.8 Å². The van der Waals surface area contributed by atoms with E-state index in [4.69, 9.17) is 0 Å². The maximum absolute atomic E-state index is 12.8. The molecule has 2 aromatic rings. The summed E-state index contributed by atoms with van der Waals surface area (Å²) >= 11 is 0. The molecule has 8 heteroatoms. The van der Waals surface area contributed by atoms with Crippen molar-refractivity contribution < 1.29 is 17.2 Å². The smallest absolute Gasteiger partial charge is 0.257 e. The van der Waals surface area contributed by atoms with Crippen molar-refractivity contribution in [2.45, 2.75) is 37.3 Å². The van der Waals surface area contributed by atoms with E-state index >= 15 is 0 Å². The summed E-state index contributed by atoms with van der Waals surface area (Å²) in [4.78, 5) is -0.0515. The summed E-state index contributed by atoms with van der Waals surface area (Å²) in [5.74, 6) is 0. The predicted octanol–water partition coefficient (Wildman–Crippen LogP) is 2.46. The SMILES string of the molecule is CC1c2ccccc2CCN1S(=O)(=O)c1cnn(CC(F)F)c1. The van der Waals surface area contributed by atoms with E-state index in [-0.39, 0.29) is 10.9 Å². The summed E-state index contributed by atoms with van der Waals surface area (Å²) in [6.45, 7) is 1.58. The van der Waals surface area contributed by atoms with Crippen molar-refractivity contribution in [2.24, 2.45) is 0 Å². The van der Waals surface area contributed by atoms with Crippen LogP contribution in [0.4, 0.5) is 8.78 Å². The molecule has 0 spiro atoms. The van der Waals surface area contributed by atoms with E-state index in [9.17, 15) is 17.2 Å². The van der Waals surface area contributed by atoms with E-state index in [0.717, 1.165) is 28.2 Å². The Morgan fingerprint density at radius 2 is 2.09 bits per heavy atom. The Kier molecular flexibility index (Phi) is 4.20. The van der Waals surface area contributed by atoms with E-state index in [1.54, 1.807) is 0 Å². The molecular formula is C15H17F2N3O2S. The van der Waals surface area contributed by atoms with E-state index in [2.05, 4.69) is 5.10 Å². The van der Waals surface area contributed by atoms with Gasteiger partial charge < -0.3 is 0 Å². The van der Waals surface area contributed by atoms with Crippen molar-refractivity contribution >= 4 is 10.0 Å². The Morgan fingerprint density at radius 3 is 2.83 bits per heavy atom. The minimum Gasteiger partial charge on any atom is -0.266 e. The number of benzene rings is 1. The zero-order chi connectivity index (χ0) is 16.6. The van der Waals surface area contributed by atoms with Gasteiger partial charge in [-0.25, -0.2) is 17.2 Å². The second-order valence-corrected chi connectivity index (χ2v) is 7.42. The lowest BCUT2D eigenvalue weighted by Gasteiger charge is -2.33. The molecule has 5 nitrogen and oxygen atoms in total. The third-order valence-corrected chi connectivity index (χ3v) is 6.00. The first-order chi connectivity index (χ1) is 10.9. The maximum atomic E-state index is 12.8. The van der Waals surface area contributed by atoms with Gasteiger partial charge in [0.2, 0.25) is 10.0 Å². The number of fused-ring (bicyclic) bond motifs is 1. The summed E-state index contributed by atoms with van der Waals surface area (Å²) in [6, 6.07) is 7.43. The van der Waals surface area contributed by atoms with Gasteiger partial charge in [-0.15, -0.1) is 0 Å². The van der Waals surface area contributed by atoms with Crippen molar-refractivity contribution in [3.8, 4) is 0 Å². The Morgan fingerprint density at radius 1 is 1.35 bits per heavy atom. The van der Waals surface area contributed by atoms with Crippen LogP contribution in [-0.4, -0.2) is 35.5 Å². The zero-order valence-corrected chi connectivity index (χ0v) is 13.4. The first kappa shape index (κ1) is 16.1. The molecule has 1 atom stereocenters. The lowest BCUT2D eigenvalue weighted by atomic mass is 9.96. The molecular weight excluding hydrogens is 324 g/mol. The fourth-order valence-electron chi connectivity index (χ4n) is 2.93.